The van der Waals surface area contributed by atoms with Gasteiger partial charge in [-0.05, 0) is 17.5 Å². The molecule has 2 aromatic carbocycles. The van der Waals surface area contributed by atoms with Crippen molar-refractivity contribution in [2.75, 3.05) is 6.54 Å². The Morgan fingerprint density at radius 1 is 1.04 bits per heavy atom. The number of hydrogen-bond acceptors (Lipinski definition) is 4. The third-order valence-electron chi connectivity index (χ3n) is 4.38. The Morgan fingerprint density at radius 3 is 2.41 bits per heavy atom. The van der Waals surface area contributed by atoms with Crippen molar-refractivity contribution in [1.82, 2.24) is 16.0 Å². The topological polar surface area (TPSA) is 70.2 Å². The number of thioether (sulfide) groups is 1. The second-order valence-electron chi connectivity index (χ2n) is 6.60. The lowest BCUT2D eigenvalue weighted by atomic mass is 10.1. The monoisotopic (exact) mass is 383 g/mol. The second-order valence-corrected chi connectivity index (χ2v) is 7.69. The maximum atomic E-state index is 12.2. The summed E-state index contributed by atoms with van der Waals surface area (Å²) in [6, 6.07) is 20.1. The highest BCUT2D eigenvalue weighted by Crippen LogP contribution is 2.18. The Balaban J connectivity index is 1.40. The van der Waals surface area contributed by atoms with Crippen molar-refractivity contribution < 1.29 is 9.59 Å². The fourth-order valence-corrected chi connectivity index (χ4v) is 4.06. The van der Waals surface area contributed by atoms with Crippen LogP contribution in [0, 0.1) is 0 Å². The summed E-state index contributed by atoms with van der Waals surface area (Å²) in [5.74, 6) is 0.765. The maximum absolute atomic E-state index is 12.2. The Hall–Kier alpha value is -2.31. The molecule has 2 aromatic rings. The van der Waals surface area contributed by atoms with Crippen molar-refractivity contribution in [3.63, 3.8) is 0 Å². The first-order chi connectivity index (χ1) is 13.2. The van der Waals surface area contributed by atoms with Crippen LogP contribution in [0.3, 0.4) is 0 Å². The van der Waals surface area contributed by atoms with Gasteiger partial charge in [0, 0.05) is 31.2 Å². The molecule has 5 nitrogen and oxygen atoms in total. The van der Waals surface area contributed by atoms with Gasteiger partial charge in [0.05, 0.1) is 0 Å². The van der Waals surface area contributed by atoms with Crippen molar-refractivity contribution in [2.45, 2.75) is 36.6 Å². The Bertz CT molecular complexity index is 740. The molecule has 0 bridgehead atoms. The van der Waals surface area contributed by atoms with E-state index in [0.29, 0.717) is 19.4 Å². The SMILES string of the molecule is O=C(CC1CC(=O)NC(SCc2ccccc2)N1)NCCc1ccccc1. The summed E-state index contributed by atoms with van der Waals surface area (Å²) in [7, 11) is 0. The number of carbonyl (C=O) groups is 2. The number of rotatable bonds is 8. The van der Waals surface area contributed by atoms with Gasteiger partial charge in [-0.2, -0.15) is 0 Å². The summed E-state index contributed by atoms with van der Waals surface area (Å²) in [5, 5.41) is 9.25. The highest BCUT2D eigenvalue weighted by atomic mass is 32.2. The highest BCUT2D eigenvalue weighted by molar-refractivity contribution is 7.99. The van der Waals surface area contributed by atoms with Gasteiger partial charge >= 0.3 is 0 Å². The van der Waals surface area contributed by atoms with Crippen LogP contribution in [0.1, 0.15) is 24.0 Å². The largest absolute Gasteiger partial charge is 0.356 e. The normalized spacial score (nSPS) is 19.3. The molecule has 0 saturated carbocycles. The van der Waals surface area contributed by atoms with Gasteiger partial charge in [0.1, 0.15) is 5.50 Å². The molecule has 2 amide bonds. The average Bonchev–Trinajstić information content (AvgIpc) is 2.68. The molecular weight excluding hydrogens is 358 g/mol. The lowest BCUT2D eigenvalue weighted by molar-refractivity contribution is -0.125. The first kappa shape index (κ1) is 19.5. The molecule has 2 atom stereocenters. The Kier molecular flexibility index (Phi) is 7.30. The Labute approximate surface area is 164 Å². The highest BCUT2D eigenvalue weighted by Gasteiger charge is 2.27. The summed E-state index contributed by atoms with van der Waals surface area (Å²) in [6.45, 7) is 0.605. The molecule has 1 aliphatic rings. The van der Waals surface area contributed by atoms with Gasteiger partial charge in [-0.15, -0.1) is 11.8 Å². The van der Waals surface area contributed by atoms with E-state index in [1.54, 1.807) is 11.8 Å². The van der Waals surface area contributed by atoms with E-state index in [1.807, 2.05) is 48.5 Å². The zero-order chi connectivity index (χ0) is 18.9. The number of nitrogens with one attached hydrogen (secondary N) is 3. The summed E-state index contributed by atoms with van der Waals surface area (Å²) in [5.41, 5.74) is 2.23. The molecule has 1 fully saturated rings. The van der Waals surface area contributed by atoms with Gasteiger partial charge in [0.25, 0.3) is 0 Å². The molecule has 0 aromatic heterocycles. The number of carbonyl (C=O) groups excluding carboxylic acids is 2. The molecule has 6 heteroatoms. The van der Waals surface area contributed by atoms with Crippen LogP contribution in [-0.2, 0) is 21.8 Å². The molecule has 0 spiro atoms. The Morgan fingerprint density at radius 2 is 1.70 bits per heavy atom. The fraction of sp³-hybridized carbons (Fsp3) is 0.333. The maximum Gasteiger partial charge on any atom is 0.223 e. The summed E-state index contributed by atoms with van der Waals surface area (Å²) in [4.78, 5) is 24.2. The van der Waals surface area contributed by atoms with Gasteiger partial charge in [-0.25, -0.2) is 0 Å². The van der Waals surface area contributed by atoms with E-state index in [-0.39, 0.29) is 23.4 Å². The lowest BCUT2D eigenvalue weighted by Crippen LogP contribution is -2.55. The molecule has 0 aliphatic carbocycles. The predicted octanol–water partition coefficient (Wildman–Crippen LogP) is 2.43. The number of benzene rings is 2. The van der Waals surface area contributed by atoms with Gasteiger partial charge in [0.2, 0.25) is 11.8 Å². The summed E-state index contributed by atoms with van der Waals surface area (Å²) >= 11 is 1.63. The summed E-state index contributed by atoms with van der Waals surface area (Å²) < 4.78 is 0. The minimum absolute atomic E-state index is 0.0126. The van der Waals surface area contributed by atoms with E-state index in [4.69, 9.17) is 0 Å². The molecule has 2 unspecified atom stereocenters. The summed E-state index contributed by atoms with van der Waals surface area (Å²) in [6.07, 6.45) is 1.44. The van der Waals surface area contributed by atoms with Crippen molar-refractivity contribution >= 4 is 23.6 Å². The average molecular weight is 384 g/mol. The van der Waals surface area contributed by atoms with Gasteiger partial charge in [0.15, 0.2) is 0 Å². The van der Waals surface area contributed by atoms with Crippen LogP contribution in [0.2, 0.25) is 0 Å². The van der Waals surface area contributed by atoms with E-state index in [1.165, 1.54) is 11.1 Å². The zero-order valence-corrected chi connectivity index (χ0v) is 16.0. The van der Waals surface area contributed by atoms with Crippen LogP contribution in [0.25, 0.3) is 0 Å². The van der Waals surface area contributed by atoms with Crippen LogP contribution >= 0.6 is 11.8 Å². The smallest absolute Gasteiger partial charge is 0.223 e. The zero-order valence-electron chi connectivity index (χ0n) is 15.2. The fourth-order valence-electron chi connectivity index (χ4n) is 3.01. The van der Waals surface area contributed by atoms with E-state index in [9.17, 15) is 9.59 Å². The first-order valence-electron chi connectivity index (χ1n) is 9.20. The van der Waals surface area contributed by atoms with Crippen LogP contribution in [0.4, 0.5) is 0 Å². The van der Waals surface area contributed by atoms with Crippen LogP contribution in [-0.4, -0.2) is 29.9 Å². The number of amides is 2. The minimum Gasteiger partial charge on any atom is -0.356 e. The van der Waals surface area contributed by atoms with E-state index >= 15 is 0 Å². The number of hydrogen-bond donors (Lipinski definition) is 3. The van der Waals surface area contributed by atoms with Crippen molar-refractivity contribution in [3.05, 3.63) is 71.8 Å². The van der Waals surface area contributed by atoms with E-state index in [0.717, 1.165) is 12.2 Å². The molecule has 142 valence electrons. The lowest BCUT2D eigenvalue weighted by Gasteiger charge is -2.31. The molecule has 3 rings (SSSR count). The third kappa shape index (κ3) is 6.73. The van der Waals surface area contributed by atoms with Crippen molar-refractivity contribution in [3.8, 4) is 0 Å². The van der Waals surface area contributed by atoms with Gasteiger partial charge in [-0.1, -0.05) is 60.7 Å². The quantitative estimate of drug-likeness (QED) is 0.655. The molecule has 1 saturated heterocycles. The van der Waals surface area contributed by atoms with Crippen LogP contribution in [0.5, 0.6) is 0 Å². The molecule has 27 heavy (non-hydrogen) atoms. The predicted molar refractivity (Wildman–Crippen MR) is 109 cm³/mol. The standard InChI is InChI=1S/C21H25N3O2S/c25-19(22-12-11-16-7-3-1-4-8-16)13-18-14-20(26)24-21(23-18)27-15-17-9-5-2-6-10-17/h1-10,18,21,23H,11-15H2,(H,22,25)(H,24,26). The second kappa shape index (κ2) is 10.1. The molecule has 0 radical (unpaired) electrons. The molecule has 1 heterocycles. The molecule has 3 N–H and O–H groups in total. The van der Waals surface area contributed by atoms with E-state index in [2.05, 4.69) is 28.1 Å². The first-order valence-corrected chi connectivity index (χ1v) is 10.3. The van der Waals surface area contributed by atoms with E-state index < -0.39 is 0 Å². The van der Waals surface area contributed by atoms with Crippen molar-refractivity contribution in [1.29, 1.82) is 0 Å². The van der Waals surface area contributed by atoms with Gasteiger partial charge in [-0.3, -0.25) is 14.9 Å². The van der Waals surface area contributed by atoms with Crippen molar-refractivity contribution in [2.24, 2.45) is 0 Å². The minimum atomic E-state index is -0.173. The van der Waals surface area contributed by atoms with Crippen LogP contribution in [0.15, 0.2) is 60.7 Å². The van der Waals surface area contributed by atoms with Crippen LogP contribution < -0.4 is 16.0 Å². The molecule has 1 aliphatic heterocycles. The molecular formula is C21H25N3O2S. The van der Waals surface area contributed by atoms with Gasteiger partial charge < -0.3 is 10.6 Å². The third-order valence-corrected chi connectivity index (χ3v) is 5.47.